The molecule has 1 saturated heterocycles. The third-order valence-corrected chi connectivity index (χ3v) is 3.00. The molecular formula is C14H9N3O5. The number of urea groups is 1. The van der Waals surface area contributed by atoms with Crippen LogP contribution in [0, 0.1) is 10.1 Å². The van der Waals surface area contributed by atoms with Crippen LogP contribution in [0.3, 0.4) is 0 Å². The van der Waals surface area contributed by atoms with E-state index in [-0.39, 0.29) is 11.4 Å². The van der Waals surface area contributed by atoms with Gasteiger partial charge in [-0.3, -0.25) is 20.2 Å². The molecule has 1 fully saturated rings. The van der Waals surface area contributed by atoms with Crippen LogP contribution in [-0.2, 0) is 4.79 Å². The summed E-state index contributed by atoms with van der Waals surface area (Å²) in [5.41, 5.74) is 0.743. The van der Waals surface area contributed by atoms with Crippen molar-refractivity contribution < 1.29 is 18.9 Å². The van der Waals surface area contributed by atoms with Gasteiger partial charge in [0.15, 0.2) is 0 Å². The molecule has 3 rings (SSSR count). The van der Waals surface area contributed by atoms with Gasteiger partial charge in [0.2, 0.25) is 0 Å². The molecule has 110 valence electrons. The van der Waals surface area contributed by atoms with E-state index in [0.29, 0.717) is 17.1 Å². The van der Waals surface area contributed by atoms with Gasteiger partial charge in [-0.05, 0) is 24.3 Å². The van der Waals surface area contributed by atoms with E-state index in [1.807, 2.05) is 0 Å². The fraction of sp³-hybridized carbons (Fsp3) is 0. The van der Waals surface area contributed by atoms with E-state index >= 15 is 0 Å². The van der Waals surface area contributed by atoms with E-state index in [4.69, 9.17) is 4.42 Å². The van der Waals surface area contributed by atoms with Gasteiger partial charge in [0, 0.05) is 23.8 Å². The molecule has 0 radical (unpaired) electrons. The van der Waals surface area contributed by atoms with Crippen molar-refractivity contribution in [3.63, 3.8) is 0 Å². The van der Waals surface area contributed by atoms with Crippen LogP contribution >= 0.6 is 0 Å². The molecular weight excluding hydrogens is 290 g/mol. The topological polar surface area (TPSA) is 114 Å². The summed E-state index contributed by atoms with van der Waals surface area (Å²) in [6.07, 6.45) is 1.40. The Hall–Kier alpha value is -3.42. The summed E-state index contributed by atoms with van der Waals surface area (Å²) in [5.74, 6) is 0.338. The molecule has 8 heteroatoms. The van der Waals surface area contributed by atoms with E-state index in [1.165, 1.54) is 18.2 Å². The van der Waals surface area contributed by atoms with E-state index in [9.17, 15) is 19.7 Å². The molecule has 1 aromatic carbocycles. The average molecular weight is 299 g/mol. The molecule has 1 aliphatic rings. The van der Waals surface area contributed by atoms with Gasteiger partial charge in [-0.25, -0.2) is 4.79 Å². The van der Waals surface area contributed by atoms with Crippen LogP contribution in [0.1, 0.15) is 5.76 Å². The second kappa shape index (κ2) is 5.17. The van der Waals surface area contributed by atoms with Gasteiger partial charge in [0.1, 0.15) is 17.2 Å². The summed E-state index contributed by atoms with van der Waals surface area (Å²) in [7, 11) is 0. The lowest BCUT2D eigenvalue weighted by Crippen LogP contribution is -2.22. The first-order valence-corrected chi connectivity index (χ1v) is 6.21. The van der Waals surface area contributed by atoms with Crippen LogP contribution in [0.15, 0.2) is 46.5 Å². The van der Waals surface area contributed by atoms with Crippen molar-refractivity contribution in [3.05, 3.63) is 58.0 Å². The number of carbonyl (C=O) groups is 2. The number of rotatable bonds is 3. The van der Waals surface area contributed by atoms with Crippen molar-refractivity contribution in [1.82, 2.24) is 10.6 Å². The molecule has 2 aromatic rings. The molecule has 1 aromatic heterocycles. The number of amides is 3. The van der Waals surface area contributed by atoms with Gasteiger partial charge in [-0.1, -0.05) is 0 Å². The highest BCUT2D eigenvalue weighted by Gasteiger charge is 2.23. The minimum atomic E-state index is -0.585. The van der Waals surface area contributed by atoms with Crippen LogP contribution in [0.5, 0.6) is 0 Å². The predicted octanol–water partition coefficient (Wildman–Crippen LogP) is 2.04. The van der Waals surface area contributed by atoms with Crippen LogP contribution in [0.4, 0.5) is 10.5 Å². The zero-order valence-electron chi connectivity index (χ0n) is 11.0. The molecule has 2 N–H and O–H groups in total. The maximum atomic E-state index is 11.4. The first-order valence-electron chi connectivity index (χ1n) is 6.21. The highest BCUT2D eigenvalue weighted by molar-refractivity contribution is 6.13. The highest BCUT2D eigenvalue weighted by atomic mass is 16.6. The molecule has 0 unspecified atom stereocenters. The summed E-state index contributed by atoms with van der Waals surface area (Å²) < 4.78 is 5.54. The Balaban J connectivity index is 1.85. The smallest absolute Gasteiger partial charge is 0.326 e. The molecule has 0 atom stereocenters. The van der Waals surface area contributed by atoms with Crippen LogP contribution < -0.4 is 10.6 Å². The second-order valence-electron chi connectivity index (χ2n) is 4.47. The van der Waals surface area contributed by atoms with Crippen LogP contribution in [0.2, 0.25) is 0 Å². The van der Waals surface area contributed by atoms with Gasteiger partial charge >= 0.3 is 6.03 Å². The molecule has 1 aliphatic heterocycles. The Labute approximate surface area is 123 Å². The third kappa shape index (κ3) is 2.57. The molecule has 8 nitrogen and oxygen atoms in total. The molecule has 22 heavy (non-hydrogen) atoms. The SMILES string of the molecule is O=C1NC(=O)/C(=C\c2ccc(-c3ccc([N+](=O)[O-])cc3)o2)N1. The number of furan rings is 1. The van der Waals surface area contributed by atoms with Crippen LogP contribution in [-0.4, -0.2) is 16.9 Å². The van der Waals surface area contributed by atoms with Crippen molar-refractivity contribution in [2.24, 2.45) is 0 Å². The molecule has 0 aliphatic carbocycles. The normalized spacial score (nSPS) is 15.7. The largest absolute Gasteiger partial charge is 0.457 e. The lowest BCUT2D eigenvalue weighted by molar-refractivity contribution is -0.384. The number of hydrogen-bond donors (Lipinski definition) is 2. The number of carbonyl (C=O) groups excluding carboxylic acids is 2. The monoisotopic (exact) mass is 299 g/mol. The van der Waals surface area contributed by atoms with E-state index in [0.717, 1.165) is 0 Å². The highest BCUT2D eigenvalue weighted by Crippen LogP contribution is 2.25. The van der Waals surface area contributed by atoms with Crippen molar-refractivity contribution in [1.29, 1.82) is 0 Å². The molecule has 0 bridgehead atoms. The van der Waals surface area contributed by atoms with Crippen molar-refractivity contribution >= 4 is 23.7 Å². The molecule has 3 amide bonds. The van der Waals surface area contributed by atoms with Gasteiger partial charge < -0.3 is 9.73 Å². The van der Waals surface area contributed by atoms with E-state index in [2.05, 4.69) is 10.6 Å². The van der Waals surface area contributed by atoms with Gasteiger partial charge in [0.25, 0.3) is 11.6 Å². The first-order chi connectivity index (χ1) is 10.5. The summed E-state index contributed by atoms with van der Waals surface area (Å²) in [6, 6.07) is 8.60. The first kappa shape index (κ1) is 13.6. The minimum Gasteiger partial charge on any atom is -0.457 e. The van der Waals surface area contributed by atoms with Gasteiger partial charge in [0.05, 0.1) is 4.92 Å². The molecule has 0 spiro atoms. The number of hydrogen-bond acceptors (Lipinski definition) is 5. The van der Waals surface area contributed by atoms with Crippen molar-refractivity contribution in [2.75, 3.05) is 0 Å². The van der Waals surface area contributed by atoms with Gasteiger partial charge in [-0.15, -0.1) is 0 Å². The summed E-state index contributed by atoms with van der Waals surface area (Å²) in [4.78, 5) is 32.5. The third-order valence-electron chi connectivity index (χ3n) is 3.00. The fourth-order valence-electron chi connectivity index (χ4n) is 1.96. The van der Waals surface area contributed by atoms with E-state index in [1.54, 1.807) is 24.3 Å². The van der Waals surface area contributed by atoms with Gasteiger partial charge in [-0.2, -0.15) is 0 Å². The zero-order chi connectivity index (χ0) is 15.7. The Morgan fingerprint density at radius 3 is 2.36 bits per heavy atom. The van der Waals surface area contributed by atoms with E-state index < -0.39 is 16.9 Å². The Morgan fingerprint density at radius 2 is 1.77 bits per heavy atom. The average Bonchev–Trinajstić information content (AvgIpc) is 3.06. The number of benzene rings is 1. The number of nitro benzene ring substituents is 1. The number of nitrogens with one attached hydrogen (secondary N) is 2. The predicted molar refractivity (Wildman–Crippen MR) is 75.4 cm³/mol. The Morgan fingerprint density at radius 1 is 1.05 bits per heavy atom. The zero-order valence-corrected chi connectivity index (χ0v) is 11.0. The lowest BCUT2D eigenvalue weighted by Gasteiger charge is -1.96. The summed E-state index contributed by atoms with van der Waals surface area (Å²) in [6.45, 7) is 0. The van der Waals surface area contributed by atoms with Crippen molar-refractivity contribution in [2.45, 2.75) is 0 Å². The molecule has 0 saturated carbocycles. The molecule has 2 heterocycles. The number of non-ortho nitro benzene ring substituents is 1. The number of nitro groups is 1. The Kier molecular flexibility index (Phi) is 3.18. The maximum absolute atomic E-state index is 11.4. The fourth-order valence-corrected chi connectivity index (χ4v) is 1.96. The minimum absolute atomic E-state index is 0.0111. The van der Waals surface area contributed by atoms with Crippen molar-refractivity contribution in [3.8, 4) is 11.3 Å². The maximum Gasteiger partial charge on any atom is 0.326 e. The summed E-state index contributed by atoms with van der Waals surface area (Å²) in [5, 5.41) is 15.0. The lowest BCUT2D eigenvalue weighted by atomic mass is 10.1. The standard InChI is InChI=1S/C14H9N3O5/c18-13-11(15-14(19)16-13)7-10-5-6-12(22-10)8-1-3-9(4-2-8)17(20)21/h1-7H,(H2,15,16,18,19)/b11-7+. The number of imide groups is 1. The second-order valence-corrected chi connectivity index (χ2v) is 4.47. The van der Waals surface area contributed by atoms with Crippen LogP contribution in [0.25, 0.3) is 17.4 Å². The Bertz CT molecular complexity index is 804. The number of nitrogens with zero attached hydrogens (tertiary/aromatic N) is 1. The summed E-state index contributed by atoms with van der Waals surface area (Å²) >= 11 is 0. The quantitative estimate of drug-likeness (QED) is 0.389.